The van der Waals surface area contributed by atoms with Crippen LogP contribution in [0, 0.1) is 29.1 Å². The van der Waals surface area contributed by atoms with Crippen molar-refractivity contribution in [3.63, 3.8) is 0 Å². The van der Waals surface area contributed by atoms with E-state index in [9.17, 15) is 26.7 Å². The van der Waals surface area contributed by atoms with Crippen molar-refractivity contribution in [3.05, 3.63) is 47.3 Å². The standard InChI is InChI=1S/C16H10F5NO3S/c17-11-12(18)14(20)16(15(21)13(11)19)26-6-10(23)22-7-1-2-8-9(5-7)25-4-3-24-8/h1-2,5H,3-4,6H2,(H,22,23). The number of anilines is 1. The predicted octanol–water partition coefficient (Wildman–Crippen LogP) is 3.88. The van der Waals surface area contributed by atoms with Crippen molar-refractivity contribution in [2.24, 2.45) is 0 Å². The average molecular weight is 391 g/mol. The number of carbonyl (C=O) groups excluding carboxylic acids is 1. The van der Waals surface area contributed by atoms with Crippen molar-refractivity contribution < 1.29 is 36.2 Å². The highest BCUT2D eigenvalue weighted by atomic mass is 32.2. The third-order valence-corrected chi connectivity index (χ3v) is 4.40. The van der Waals surface area contributed by atoms with Gasteiger partial charge >= 0.3 is 0 Å². The highest BCUT2D eigenvalue weighted by Crippen LogP contribution is 2.33. The minimum atomic E-state index is -2.25. The van der Waals surface area contributed by atoms with Crippen LogP contribution in [0.3, 0.4) is 0 Å². The molecule has 0 spiro atoms. The normalized spacial score (nSPS) is 12.8. The van der Waals surface area contributed by atoms with Crippen LogP contribution >= 0.6 is 11.8 Å². The molecule has 1 N–H and O–H groups in total. The van der Waals surface area contributed by atoms with Crippen LogP contribution in [0.2, 0.25) is 0 Å². The van der Waals surface area contributed by atoms with Crippen LogP contribution in [0.25, 0.3) is 0 Å². The molecule has 0 aromatic heterocycles. The van der Waals surface area contributed by atoms with Gasteiger partial charge in [0.2, 0.25) is 11.7 Å². The van der Waals surface area contributed by atoms with E-state index in [-0.39, 0.29) is 11.8 Å². The Morgan fingerprint density at radius 3 is 2.15 bits per heavy atom. The van der Waals surface area contributed by atoms with Crippen molar-refractivity contribution in [2.75, 3.05) is 24.3 Å². The van der Waals surface area contributed by atoms with Crippen molar-refractivity contribution in [2.45, 2.75) is 4.90 Å². The molecular weight excluding hydrogens is 381 g/mol. The summed E-state index contributed by atoms with van der Waals surface area (Å²) in [5.74, 6) is -10.6. The summed E-state index contributed by atoms with van der Waals surface area (Å²) in [7, 11) is 0. The molecule has 1 amide bonds. The molecule has 2 aromatic carbocycles. The molecule has 3 rings (SSSR count). The molecule has 10 heteroatoms. The van der Waals surface area contributed by atoms with E-state index < -0.39 is 45.6 Å². The highest BCUT2D eigenvalue weighted by Gasteiger charge is 2.26. The van der Waals surface area contributed by atoms with E-state index in [2.05, 4.69) is 5.32 Å². The molecule has 4 nitrogen and oxygen atoms in total. The van der Waals surface area contributed by atoms with Gasteiger partial charge < -0.3 is 14.8 Å². The number of carbonyl (C=O) groups is 1. The SMILES string of the molecule is O=C(CSc1c(F)c(F)c(F)c(F)c1F)Nc1ccc2c(c1)OCCO2. The minimum Gasteiger partial charge on any atom is -0.486 e. The first-order valence-electron chi connectivity index (χ1n) is 7.22. The maximum absolute atomic E-state index is 13.6. The Hall–Kier alpha value is -2.49. The van der Waals surface area contributed by atoms with E-state index in [0.29, 0.717) is 30.4 Å². The van der Waals surface area contributed by atoms with Crippen LogP contribution in [0.5, 0.6) is 11.5 Å². The van der Waals surface area contributed by atoms with E-state index in [1.807, 2.05) is 0 Å². The molecule has 1 aliphatic rings. The lowest BCUT2D eigenvalue weighted by atomic mass is 10.2. The molecule has 1 heterocycles. The fraction of sp³-hybridized carbons (Fsp3) is 0.188. The molecule has 0 saturated carbocycles. The lowest BCUT2D eigenvalue weighted by Gasteiger charge is -2.19. The summed E-state index contributed by atoms with van der Waals surface area (Å²) in [6, 6.07) is 4.59. The van der Waals surface area contributed by atoms with Gasteiger partial charge in [0.05, 0.1) is 10.6 Å². The van der Waals surface area contributed by atoms with Crippen molar-refractivity contribution in [3.8, 4) is 11.5 Å². The van der Waals surface area contributed by atoms with Crippen LogP contribution in [-0.2, 0) is 4.79 Å². The number of hydrogen-bond donors (Lipinski definition) is 1. The first kappa shape index (κ1) is 18.3. The van der Waals surface area contributed by atoms with Crippen LogP contribution in [0.4, 0.5) is 27.6 Å². The Kier molecular flexibility index (Phi) is 5.21. The van der Waals surface area contributed by atoms with Gasteiger partial charge in [0.15, 0.2) is 34.8 Å². The Balaban J connectivity index is 1.68. The van der Waals surface area contributed by atoms with E-state index in [1.165, 1.54) is 12.1 Å². The Morgan fingerprint density at radius 2 is 1.50 bits per heavy atom. The number of hydrogen-bond acceptors (Lipinski definition) is 4. The van der Waals surface area contributed by atoms with E-state index in [4.69, 9.17) is 9.47 Å². The molecule has 0 unspecified atom stereocenters. The summed E-state index contributed by atoms with van der Waals surface area (Å²) in [6.45, 7) is 0.748. The zero-order chi connectivity index (χ0) is 18.8. The van der Waals surface area contributed by atoms with Gasteiger partial charge in [-0.05, 0) is 12.1 Å². The van der Waals surface area contributed by atoms with Gasteiger partial charge in [-0.2, -0.15) is 0 Å². The topological polar surface area (TPSA) is 47.6 Å². The zero-order valence-electron chi connectivity index (χ0n) is 12.9. The summed E-state index contributed by atoms with van der Waals surface area (Å²) < 4.78 is 77.0. The first-order chi connectivity index (χ1) is 12.4. The molecule has 2 aromatic rings. The van der Waals surface area contributed by atoms with E-state index in [1.54, 1.807) is 6.07 Å². The van der Waals surface area contributed by atoms with Crippen molar-refractivity contribution in [1.29, 1.82) is 0 Å². The summed E-state index contributed by atoms with van der Waals surface area (Å²) in [4.78, 5) is 10.8. The van der Waals surface area contributed by atoms with E-state index in [0.717, 1.165) is 0 Å². The van der Waals surface area contributed by atoms with Crippen LogP contribution in [0.15, 0.2) is 23.1 Å². The van der Waals surface area contributed by atoms with Gasteiger partial charge in [-0.15, -0.1) is 11.8 Å². The third-order valence-electron chi connectivity index (χ3n) is 3.34. The molecule has 0 radical (unpaired) electrons. The lowest BCUT2D eigenvalue weighted by Crippen LogP contribution is -2.17. The van der Waals surface area contributed by atoms with Crippen LogP contribution < -0.4 is 14.8 Å². The zero-order valence-corrected chi connectivity index (χ0v) is 13.7. The predicted molar refractivity (Wildman–Crippen MR) is 83.0 cm³/mol. The number of halogens is 5. The fourth-order valence-electron chi connectivity index (χ4n) is 2.17. The largest absolute Gasteiger partial charge is 0.486 e. The number of nitrogens with one attached hydrogen (secondary N) is 1. The highest BCUT2D eigenvalue weighted by molar-refractivity contribution is 8.00. The second kappa shape index (κ2) is 7.40. The van der Waals surface area contributed by atoms with Gasteiger partial charge in [-0.3, -0.25) is 4.79 Å². The molecule has 0 aliphatic carbocycles. The number of ether oxygens (including phenoxy) is 2. The molecule has 0 atom stereocenters. The summed E-state index contributed by atoms with van der Waals surface area (Å²) >= 11 is 0.202. The molecular formula is C16H10F5NO3S. The fourth-order valence-corrected chi connectivity index (χ4v) is 2.95. The number of amides is 1. The summed E-state index contributed by atoms with van der Waals surface area (Å²) in [6.07, 6.45) is 0. The van der Waals surface area contributed by atoms with Gasteiger partial charge in [0, 0.05) is 11.8 Å². The first-order valence-corrected chi connectivity index (χ1v) is 8.20. The van der Waals surface area contributed by atoms with Gasteiger partial charge in [-0.25, -0.2) is 22.0 Å². The molecule has 0 fully saturated rings. The average Bonchev–Trinajstić information content (AvgIpc) is 2.64. The molecule has 138 valence electrons. The van der Waals surface area contributed by atoms with Crippen LogP contribution in [-0.4, -0.2) is 24.9 Å². The Morgan fingerprint density at radius 1 is 0.923 bits per heavy atom. The Labute approximate surface area is 148 Å². The number of thioether (sulfide) groups is 1. The maximum Gasteiger partial charge on any atom is 0.234 e. The quantitative estimate of drug-likeness (QED) is 0.372. The van der Waals surface area contributed by atoms with Crippen molar-refractivity contribution in [1.82, 2.24) is 0 Å². The van der Waals surface area contributed by atoms with Gasteiger partial charge in [0.25, 0.3) is 0 Å². The van der Waals surface area contributed by atoms with Crippen LogP contribution in [0.1, 0.15) is 0 Å². The van der Waals surface area contributed by atoms with E-state index >= 15 is 0 Å². The second-order valence-electron chi connectivity index (χ2n) is 5.09. The smallest absolute Gasteiger partial charge is 0.234 e. The van der Waals surface area contributed by atoms with Gasteiger partial charge in [-0.1, -0.05) is 0 Å². The summed E-state index contributed by atoms with van der Waals surface area (Å²) in [5, 5.41) is 2.44. The van der Waals surface area contributed by atoms with Gasteiger partial charge in [0.1, 0.15) is 13.2 Å². The molecule has 26 heavy (non-hydrogen) atoms. The number of benzene rings is 2. The number of rotatable bonds is 4. The van der Waals surface area contributed by atoms with Crippen molar-refractivity contribution >= 4 is 23.4 Å². The number of fused-ring (bicyclic) bond motifs is 1. The third kappa shape index (κ3) is 3.55. The second-order valence-corrected chi connectivity index (χ2v) is 6.08. The Bertz CT molecular complexity index is 848. The lowest BCUT2D eigenvalue weighted by molar-refractivity contribution is -0.113. The molecule has 1 aliphatic heterocycles. The maximum atomic E-state index is 13.6. The minimum absolute atomic E-state index is 0.202. The summed E-state index contributed by atoms with van der Waals surface area (Å²) in [5.41, 5.74) is 0.331. The monoisotopic (exact) mass is 391 g/mol. The molecule has 0 saturated heterocycles. The molecule has 0 bridgehead atoms.